The van der Waals surface area contributed by atoms with Gasteiger partial charge in [-0.3, -0.25) is 9.59 Å². The van der Waals surface area contributed by atoms with E-state index in [-0.39, 0.29) is 30.0 Å². The van der Waals surface area contributed by atoms with E-state index in [1.165, 1.54) is 0 Å². The lowest BCUT2D eigenvalue weighted by atomic mass is 9.98. The van der Waals surface area contributed by atoms with E-state index >= 15 is 0 Å². The lowest BCUT2D eigenvalue weighted by molar-refractivity contribution is -0.137. The highest BCUT2D eigenvalue weighted by atomic mass is 19.4. The van der Waals surface area contributed by atoms with Gasteiger partial charge in [0.1, 0.15) is 5.82 Å². The Hall–Kier alpha value is -3.76. The van der Waals surface area contributed by atoms with Crippen LogP contribution in [0.2, 0.25) is 0 Å². The molecule has 0 heterocycles. The molecule has 0 aliphatic heterocycles. The fraction of sp³-hybridized carbons (Fsp3) is 0.412. The van der Waals surface area contributed by atoms with Gasteiger partial charge in [-0.2, -0.15) is 13.2 Å². The normalized spacial score (nSPS) is 15.3. The Kier molecular flexibility index (Phi) is 10.8. The number of hydrogen-bond donors (Lipinski definition) is 3. The lowest BCUT2D eigenvalue weighted by Gasteiger charge is -2.28. The average Bonchev–Trinajstić information content (AvgIpc) is 3.80. The summed E-state index contributed by atoms with van der Waals surface area (Å²) in [4.78, 5) is 28.3. The van der Waals surface area contributed by atoms with Crippen LogP contribution >= 0.6 is 0 Å². The molecule has 236 valence electrons. The zero-order valence-corrected chi connectivity index (χ0v) is 25.0. The Bertz CT molecular complexity index is 1420. The van der Waals surface area contributed by atoms with Crippen LogP contribution < -0.4 is 10.6 Å². The lowest BCUT2D eigenvalue weighted by Crippen LogP contribution is -2.50. The zero-order chi connectivity index (χ0) is 31.9. The molecule has 1 aliphatic rings. The molecule has 3 aromatic rings. The third-order valence-electron chi connectivity index (χ3n) is 7.90. The maximum Gasteiger partial charge on any atom is 0.416 e. The number of alkyl halides is 3. The number of benzene rings is 3. The predicted molar refractivity (Wildman–Crippen MR) is 161 cm³/mol. The van der Waals surface area contributed by atoms with Crippen LogP contribution in [0.1, 0.15) is 76.9 Å². The molecule has 0 radical (unpaired) electrons. The number of amides is 2. The average molecular weight is 614 g/mol. The summed E-state index contributed by atoms with van der Waals surface area (Å²) in [6.45, 7) is 5.15. The predicted octanol–water partition coefficient (Wildman–Crippen LogP) is 6.09. The van der Waals surface area contributed by atoms with E-state index in [2.05, 4.69) is 10.6 Å². The van der Waals surface area contributed by atoms with Crippen LogP contribution in [-0.4, -0.2) is 53.6 Å². The first-order valence-corrected chi connectivity index (χ1v) is 15.0. The molecule has 3 N–H and O–H groups in total. The quantitative estimate of drug-likeness (QED) is 0.192. The zero-order valence-electron chi connectivity index (χ0n) is 25.0. The maximum absolute atomic E-state index is 14.1. The van der Waals surface area contributed by atoms with Crippen molar-refractivity contribution in [2.45, 2.75) is 69.8 Å². The first-order chi connectivity index (χ1) is 21.0. The standard InChI is InChI=1S/C34H39F4N3O3/c1-3-15-41(16-4-2)32(44)25-12-8-11-24(18-25)31(43)40-29(17-23-9-6-5-7-10-23)30(42)22-39-33(13-14-33)26-19-27(34(36,37)38)21-28(35)20-26/h5-12,18-21,29-30,39,42H,3-4,13-17,22H2,1-2H3,(H,40,43)/t29-,30+/m0/s1. The number of nitrogens with one attached hydrogen (secondary N) is 2. The highest BCUT2D eigenvalue weighted by molar-refractivity contribution is 5.99. The third-order valence-corrected chi connectivity index (χ3v) is 7.90. The molecule has 6 nitrogen and oxygen atoms in total. The molecule has 2 amide bonds. The second-order valence-corrected chi connectivity index (χ2v) is 11.4. The number of carbonyl (C=O) groups is 2. The molecule has 0 bridgehead atoms. The Morgan fingerprint density at radius 2 is 1.59 bits per heavy atom. The monoisotopic (exact) mass is 613 g/mol. The molecule has 0 saturated heterocycles. The SMILES string of the molecule is CCCN(CCC)C(=O)c1cccc(C(=O)N[C@@H](Cc2ccccc2)[C@H](O)CNC2(c3cc(F)cc(C(F)(F)F)c3)CC2)c1. The van der Waals surface area contributed by atoms with Gasteiger partial charge >= 0.3 is 6.18 Å². The van der Waals surface area contributed by atoms with Crippen molar-refractivity contribution in [3.8, 4) is 0 Å². The summed E-state index contributed by atoms with van der Waals surface area (Å²) in [5.41, 5.74) is -0.282. The topological polar surface area (TPSA) is 81.7 Å². The molecule has 44 heavy (non-hydrogen) atoms. The molecular weight excluding hydrogens is 574 g/mol. The number of carbonyl (C=O) groups excluding carboxylic acids is 2. The minimum absolute atomic E-state index is 0.0584. The molecule has 1 aliphatic carbocycles. The van der Waals surface area contributed by atoms with Gasteiger partial charge in [0, 0.05) is 36.3 Å². The van der Waals surface area contributed by atoms with Gasteiger partial charge < -0.3 is 20.6 Å². The summed E-state index contributed by atoms with van der Waals surface area (Å²) in [5, 5.41) is 17.3. The van der Waals surface area contributed by atoms with Crippen molar-refractivity contribution >= 4 is 11.8 Å². The van der Waals surface area contributed by atoms with Gasteiger partial charge in [0.15, 0.2) is 0 Å². The van der Waals surface area contributed by atoms with E-state index < -0.39 is 41.1 Å². The second-order valence-electron chi connectivity index (χ2n) is 11.4. The smallest absolute Gasteiger partial charge is 0.390 e. The molecule has 4 rings (SSSR count). The molecular formula is C34H39F4N3O3. The van der Waals surface area contributed by atoms with E-state index in [4.69, 9.17) is 0 Å². The van der Waals surface area contributed by atoms with Crippen LogP contribution in [0.25, 0.3) is 0 Å². The van der Waals surface area contributed by atoms with E-state index in [1.54, 1.807) is 29.2 Å². The van der Waals surface area contributed by atoms with Gasteiger partial charge in [-0.1, -0.05) is 50.2 Å². The van der Waals surface area contributed by atoms with Crippen LogP contribution in [0, 0.1) is 5.82 Å². The number of aliphatic hydroxyl groups excluding tert-OH is 1. The van der Waals surface area contributed by atoms with Crippen LogP contribution in [0.3, 0.4) is 0 Å². The molecule has 0 spiro atoms. The highest BCUT2D eigenvalue weighted by Gasteiger charge is 2.46. The molecule has 0 aromatic heterocycles. The summed E-state index contributed by atoms with van der Waals surface area (Å²) < 4.78 is 54.1. The van der Waals surface area contributed by atoms with E-state index in [1.807, 2.05) is 44.2 Å². The van der Waals surface area contributed by atoms with Gasteiger partial charge in [-0.05, 0) is 79.6 Å². The second kappa shape index (κ2) is 14.3. The Labute approximate surface area is 255 Å². The Morgan fingerprint density at radius 3 is 2.20 bits per heavy atom. The van der Waals surface area contributed by atoms with Crippen molar-refractivity contribution in [2.75, 3.05) is 19.6 Å². The number of halogens is 4. The van der Waals surface area contributed by atoms with Crippen molar-refractivity contribution in [2.24, 2.45) is 0 Å². The number of hydrogen-bond acceptors (Lipinski definition) is 4. The van der Waals surface area contributed by atoms with E-state index in [0.717, 1.165) is 30.5 Å². The maximum atomic E-state index is 14.1. The highest BCUT2D eigenvalue weighted by Crippen LogP contribution is 2.47. The van der Waals surface area contributed by atoms with Crippen molar-refractivity contribution < 1.29 is 32.3 Å². The van der Waals surface area contributed by atoms with Crippen molar-refractivity contribution in [1.82, 2.24) is 15.5 Å². The number of nitrogens with zero attached hydrogens (tertiary/aromatic N) is 1. The first-order valence-electron chi connectivity index (χ1n) is 15.0. The van der Waals surface area contributed by atoms with E-state index in [9.17, 15) is 32.3 Å². The summed E-state index contributed by atoms with van der Waals surface area (Å²) in [5.74, 6) is -1.61. The van der Waals surface area contributed by atoms with Crippen LogP contribution in [0.5, 0.6) is 0 Å². The molecule has 1 fully saturated rings. The third kappa shape index (κ3) is 8.45. The van der Waals surface area contributed by atoms with Crippen molar-refractivity contribution in [1.29, 1.82) is 0 Å². The van der Waals surface area contributed by atoms with Crippen molar-refractivity contribution in [3.05, 3.63) is 106 Å². The van der Waals surface area contributed by atoms with Crippen LogP contribution in [0.4, 0.5) is 17.6 Å². The van der Waals surface area contributed by atoms with Gasteiger partial charge in [0.25, 0.3) is 11.8 Å². The van der Waals surface area contributed by atoms with E-state index in [0.29, 0.717) is 37.6 Å². The fourth-order valence-corrected chi connectivity index (χ4v) is 5.40. The summed E-state index contributed by atoms with van der Waals surface area (Å²) in [6.07, 6.45) is -2.98. The number of rotatable bonds is 14. The minimum atomic E-state index is -4.69. The van der Waals surface area contributed by atoms with Gasteiger partial charge in [0.05, 0.1) is 17.7 Å². The first kappa shape index (κ1) is 33.1. The largest absolute Gasteiger partial charge is 0.416 e. The van der Waals surface area contributed by atoms with Crippen LogP contribution in [-0.2, 0) is 18.1 Å². The van der Waals surface area contributed by atoms with Gasteiger partial charge in [0.2, 0.25) is 0 Å². The van der Waals surface area contributed by atoms with Gasteiger partial charge in [-0.15, -0.1) is 0 Å². The Balaban J connectivity index is 1.51. The minimum Gasteiger partial charge on any atom is -0.390 e. The summed E-state index contributed by atoms with van der Waals surface area (Å²) in [6, 6.07) is 17.4. The molecule has 10 heteroatoms. The molecule has 0 unspecified atom stereocenters. The molecule has 2 atom stereocenters. The fourth-order valence-electron chi connectivity index (χ4n) is 5.40. The molecule has 1 saturated carbocycles. The number of aliphatic hydroxyl groups is 1. The Morgan fingerprint density at radius 1 is 0.932 bits per heavy atom. The summed E-state index contributed by atoms with van der Waals surface area (Å²) in [7, 11) is 0. The van der Waals surface area contributed by atoms with Crippen molar-refractivity contribution in [3.63, 3.8) is 0 Å². The van der Waals surface area contributed by atoms with Gasteiger partial charge in [-0.25, -0.2) is 4.39 Å². The van der Waals surface area contributed by atoms with Crippen LogP contribution in [0.15, 0.2) is 72.8 Å². The summed E-state index contributed by atoms with van der Waals surface area (Å²) >= 11 is 0. The molecule has 3 aromatic carbocycles.